The van der Waals surface area contributed by atoms with Crippen LogP contribution in [0, 0.1) is 5.92 Å². The van der Waals surface area contributed by atoms with E-state index >= 15 is 0 Å². The van der Waals surface area contributed by atoms with Crippen molar-refractivity contribution >= 4 is 11.9 Å². The number of methoxy groups -OCH3 is 1. The van der Waals surface area contributed by atoms with Crippen LogP contribution in [0.4, 0.5) is 0 Å². The van der Waals surface area contributed by atoms with E-state index in [9.17, 15) is 14.7 Å². The molecular formula is C21H27N3O5. The van der Waals surface area contributed by atoms with Crippen molar-refractivity contribution in [1.29, 1.82) is 0 Å². The molecule has 2 N–H and O–H groups in total. The fourth-order valence-electron chi connectivity index (χ4n) is 3.03. The third-order valence-corrected chi connectivity index (χ3v) is 4.42. The normalized spacial score (nSPS) is 13.1. The Bertz CT molecular complexity index is 841. The molecule has 0 aliphatic rings. The van der Waals surface area contributed by atoms with Crippen molar-refractivity contribution < 1.29 is 24.3 Å². The SMILES string of the molecule is COc1ccnc(C(=O)NC(C)C(=O)ON(C)C(c2ccccc2)C(C)C)c1O. The lowest BCUT2D eigenvalue weighted by Crippen LogP contribution is -2.43. The topological polar surface area (TPSA) is 101 Å². The quantitative estimate of drug-likeness (QED) is 0.656. The Hall–Kier alpha value is -3.13. The summed E-state index contributed by atoms with van der Waals surface area (Å²) in [5, 5.41) is 14.0. The van der Waals surface area contributed by atoms with Gasteiger partial charge in [0.2, 0.25) is 0 Å². The molecule has 1 aromatic carbocycles. The molecule has 1 amide bonds. The molecule has 0 radical (unpaired) electrons. The first-order valence-electron chi connectivity index (χ1n) is 9.28. The molecule has 1 heterocycles. The van der Waals surface area contributed by atoms with Crippen LogP contribution in [-0.2, 0) is 9.63 Å². The van der Waals surface area contributed by atoms with Gasteiger partial charge in [-0.1, -0.05) is 44.2 Å². The van der Waals surface area contributed by atoms with Crippen LogP contribution in [0.1, 0.15) is 42.9 Å². The standard InChI is InChI=1S/C21H27N3O5/c1-13(2)18(15-9-7-6-8-10-15)24(4)29-21(27)14(3)23-20(26)17-19(25)16(28-5)11-12-22-17/h6-14,18,25H,1-5H3,(H,23,26). The molecule has 0 saturated carbocycles. The lowest BCUT2D eigenvalue weighted by molar-refractivity contribution is -0.200. The average molecular weight is 401 g/mol. The molecule has 0 bridgehead atoms. The Morgan fingerprint density at radius 2 is 1.79 bits per heavy atom. The summed E-state index contributed by atoms with van der Waals surface area (Å²) in [6.07, 6.45) is 1.33. The molecule has 0 saturated heterocycles. The highest BCUT2D eigenvalue weighted by atomic mass is 16.7. The summed E-state index contributed by atoms with van der Waals surface area (Å²) in [5.41, 5.74) is 0.779. The van der Waals surface area contributed by atoms with Crippen LogP contribution < -0.4 is 10.1 Å². The summed E-state index contributed by atoms with van der Waals surface area (Å²) >= 11 is 0. The summed E-state index contributed by atoms with van der Waals surface area (Å²) in [4.78, 5) is 34.2. The molecular weight excluding hydrogens is 374 g/mol. The Morgan fingerprint density at radius 1 is 1.14 bits per heavy atom. The van der Waals surface area contributed by atoms with Crippen LogP contribution in [0.2, 0.25) is 0 Å². The number of benzene rings is 1. The number of ether oxygens (including phenoxy) is 1. The summed E-state index contributed by atoms with van der Waals surface area (Å²) in [6, 6.07) is 10.0. The number of hydrogen-bond donors (Lipinski definition) is 2. The maximum atomic E-state index is 12.5. The number of nitrogens with one attached hydrogen (secondary N) is 1. The number of carbonyl (C=O) groups is 2. The molecule has 29 heavy (non-hydrogen) atoms. The van der Waals surface area contributed by atoms with Crippen LogP contribution in [0.5, 0.6) is 11.5 Å². The zero-order valence-electron chi connectivity index (χ0n) is 17.2. The number of carbonyl (C=O) groups excluding carboxylic acids is 2. The fourth-order valence-corrected chi connectivity index (χ4v) is 3.03. The molecule has 8 nitrogen and oxygen atoms in total. The van der Waals surface area contributed by atoms with E-state index in [1.807, 2.05) is 44.2 Å². The molecule has 2 atom stereocenters. The van der Waals surface area contributed by atoms with Gasteiger partial charge in [-0.3, -0.25) is 4.79 Å². The van der Waals surface area contributed by atoms with Gasteiger partial charge in [-0.05, 0) is 18.4 Å². The van der Waals surface area contributed by atoms with E-state index in [1.165, 1.54) is 31.4 Å². The second kappa shape index (κ2) is 9.88. The molecule has 156 valence electrons. The van der Waals surface area contributed by atoms with Gasteiger partial charge in [-0.15, -0.1) is 5.06 Å². The van der Waals surface area contributed by atoms with E-state index in [0.717, 1.165) is 5.56 Å². The van der Waals surface area contributed by atoms with Crippen molar-refractivity contribution in [3.63, 3.8) is 0 Å². The monoisotopic (exact) mass is 401 g/mol. The predicted molar refractivity (Wildman–Crippen MR) is 107 cm³/mol. The highest BCUT2D eigenvalue weighted by molar-refractivity contribution is 5.97. The van der Waals surface area contributed by atoms with Gasteiger partial charge in [-0.25, -0.2) is 9.78 Å². The van der Waals surface area contributed by atoms with Gasteiger partial charge >= 0.3 is 5.97 Å². The molecule has 2 aromatic rings. The smallest absolute Gasteiger partial charge is 0.347 e. The third-order valence-electron chi connectivity index (χ3n) is 4.42. The minimum atomic E-state index is -0.957. The molecule has 2 unspecified atom stereocenters. The second-order valence-electron chi connectivity index (χ2n) is 6.96. The number of amides is 1. The first kappa shape index (κ1) is 22.2. The second-order valence-corrected chi connectivity index (χ2v) is 6.96. The van der Waals surface area contributed by atoms with Crippen molar-refractivity contribution in [2.24, 2.45) is 5.92 Å². The maximum absolute atomic E-state index is 12.5. The van der Waals surface area contributed by atoms with E-state index in [1.54, 1.807) is 7.05 Å². The molecule has 8 heteroatoms. The highest BCUT2D eigenvalue weighted by Crippen LogP contribution is 2.28. The number of hydroxylamine groups is 2. The molecule has 0 fully saturated rings. The number of rotatable bonds is 8. The Balaban J connectivity index is 2.05. The van der Waals surface area contributed by atoms with E-state index in [2.05, 4.69) is 10.3 Å². The lowest BCUT2D eigenvalue weighted by atomic mass is 9.96. The van der Waals surface area contributed by atoms with Crippen molar-refractivity contribution in [3.05, 3.63) is 53.9 Å². The molecule has 0 aliphatic carbocycles. The number of aromatic nitrogens is 1. The van der Waals surface area contributed by atoms with Gasteiger partial charge in [0, 0.05) is 19.3 Å². The first-order chi connectivity index (χ1) is 13.8. The number of hydrogen-bond acceptors (Lipinski definition) is 7. The van der Waals surface area contributed by atoms with E-state index < -0.39 is 23.7 Å². The summed E-state index contributed by atoms with van der Waals surface area (Å²) < 4.78 is 4.96. The minimum absolute atomic E-state index is 0.114. The number of nitrogens with zero attached hydrogens (tertiary/aromatic N) is 2. The largest absolute Gasteiger partial charge is 0.503 e. The van der Waals surface area contributed by atoms with Crippen LogP contribution >= 0.6 is 0 Å². The van der Waals surface area contributed by atoms with Gasteiger partial charge in [0.25, 0.3) is 5.91 Å². The van der Waals surface area contributed by atoms with Crippen molar-refractivity contribution in [1.82, 2.24) is 15.4 Å². The van der Waals surface area contributed by atoms with Gasteiger partial charge in [0.15, 0.2) is 17.2 Å². The Morgan fingerprint density at radius 3 is 2.38 bits per heavy atom. The van der Waals surface area contributed by atoms with Crippen LogP contribution in [-0.4, -0.2) is 47.2 Å². The Kier molecular flexibility index (Phi) is 7.55. The van der Waals surface area contributed by atoms with Crippen molar-refractivity contribution in [2.45, 2.75) is 32.9 Å². The fraction of sp³-hybridized carbons (Fsp3) is 0.381. The zero-order valence-corrected chi connectivity index (χ0v) is 17.2. The molecule has 0 aliphatic heterocycles. The van der Waals surface area contributed by atoms with Gasteiger partial charge in [-0.2, -0.15) is 0 Å². The van der Waals surface area contributed by atoms with E-state index in [0.29, 0.717) is 0 Å². The number of pyridine rings is 1. The van der Waals surface area contributed by atoms with Gasteiger partial charge < -0.3 is 20.0 Å². The molecule has 1 aromatic heterocycles. The van der Waals surface area contributed by atoms with E-state index in [4.69, 9.17) is 9.57 Å². The van der Waals surface area contributed by atoms with Crippen LogP contribution in [0.25, 0.3) is 0 Å². The van der Waals surface area contributed by atoms with Crippen LogP contribution in [0.3, 0.4) is 0 Å². The molecule has 0 spiro atoms. The average Bonchev–Trinajstić information content (AvgIpc) is 2.68. The summed E-state index contributed by atoms with van der Waals surface area (Å²) in [6.45, 7) is 5.56. The summed E-state index contributed by atoms with van der Waals surface area (Å²) in [5.74, 6) is -1.45. The maximum Gasteiger partial charge on any atom is 0.347 e. The zero-order chi connectivity index (χ0) is 21.6. The number of aromatic hydroxyl groups is 1. The first-order valence-corrected chi connectivity index (χ1v) is 9.28. The van der Waals surface area contributed by atoms with Crippen molar-refractivity contribution in [3.8, 4) is 11.5 Å². The summed E-state index contributed by atoms with van der Waals surface area (Å²) in [7, 11) is 3.05. The van der Waals surface area contributed by atoms with Gasteiger partial charge in [0.05, 0.1) is 13.2 Å². The van der Waals surface area contributed by atoms with E-state index in [-0.39, 0.29) is 23.4 Å². The highest BCUT2D eigenvalue weighted by Gasteiger charge is 2.27. The predicted octanol–water partition coefficient (Wildman–Crippen LogP) is 2.70. The van der Waals surface area contributed by atoms with Crippen LogP contribution in [0.15, 0.2) is 42.6 Å². The third kappa shape index (κ3) is 5.45. The molecule has 2 rings (SSSR count). The minimum Gasteiger partial charge on any atom is -0.503 e. The Labute approximate surface area is 170 Å². The van der Waals surface area contributed by atoms with Gasteiger partial charge in [0.1, 0.15) is 6.04 Å². The lowest BCUT2D eigenvalue weighted by Gasteiger charge is -2.30. The van der Waals surface area contributed by atoms with Crippen molar-refractivity contribution in [2.75, 3.05) is 14.2 Å².